The summed E-state index contributed by atoms with van der Waals surface area (Å²) in [6.45, 7) is 2.52. The summed E-state index contributed by atoms with van der Waals surface area (Å²) in [5, 5.41) is 5.15. The van der Waals surface area contributed by atoms with Crippen LogP contribution in [0.2, 0.25) is 0 Å². The number of nitrogens with two attached hydrogens (primary N) is 1. The van der Waals surface area contributed by atoms with Gasteiger partial charge >= 0.3 is 0 Å². The Morgan fingerprint density at radius 3 is 1.88 bits per heavy atom. The van der Waals surface area contributed by atoms with Crippen LogP contribution >= 0.6 is 0 Å². The molecule has 0 aliphatic carbocycles. The largest absolute Gasteiger partial charge is 0.352 e. The van der Waals surface area contributed by atoms with Crippen LogP contribution in [0.5, 0.6) is 0 Å². The predicted molar refractivity (Wildman–Crippen MR) is 61.0 cm³/mol. The highest BCUT2D eigenvalue weighted by Crippen LogP contribution is 2.04. The second-order valence-corrected chi connectivity index (χ2v) is 3.15. The Morgan fingerprint density at radius 1 is 1.06 bits per heavy atom. The third-order valence-corrected chi connectivity index (χ3v) is 2.01. The van der Waals surface area contributed by atoms with Crippen molar-refractivity contribution < 1.29 is 9.59 Å². The van der Waals surface area contributed by atoms with E-state index in [1.807, 2.05) is 6.92 Å². The monoisotopic (exact) mass is 221 g/mol. The van der Waals surface area contributed by atoms with Crippen molar-refractivity contribution in [2.75, 3.05) is 13.2 Å². The lowest BCUT2D eigenvalue weighted by Gasteiger charge is -2.04. The minimum Gasteiger partial charge on any atom is -0.352 e. The van der Waals surface area contributed by atoms with Crippen molar-refractivity contribution >= 4 is 11.8 Å². The van der Waals surface area contributed by atoms with Crippen LogP contribution in [-0.4, -0.2) is 25.0 Å². The number of carbonyl (C=O) groups excluding carboxylic acids is 2. The standard InChI is InChI=1S/C11H15N3O2/c1-2-13-10(15)8-3-5-9(6-4-8)11(16)14-7-12/h3-6H,2,7,12H2,1H3,(H,13,15)(H,14,16). The van der Waals surface area contributed by atoms with Crippen LogP contribution in [0.4, 0.5) is 0 Å². The third kappa shape index (κ3) is 3.06. The Morgan fingerprint density at radius 2 is 1.50 bits per heavy atom. The van der Waals surface area contributed by atoms with Crippen LogP contribution in [0.25, 0.3) is 0 Å². The van der Waals surface area contributed by atoms with E-state index in [9.17, 15) is 9.59 Å². The number of carbonyl (C=O) groups is 2. The maximum absolute atomic E-state index is 11.4. The molecule has 1 aromatic carbocycles. The van der Waals surface area contributed by atoms with E-state index in [4.69, 9.17) is 5.73 Å². The van der Waals surface area contributed by atoms with E-state index in [1.165, 1.54) is 0 Å². The van der Waals surface area contributed by atoms with Crippen LogP contribution in [-0.2, 0) is 0 Å². The zero-order valence-electron chi connectivity index (χ0n) is 9.12. The maximum Gasteiger partial charge on any atom is 0.252 e. The molecule has 0 bridgehead atoms. The van der Waals surface area contributed by atoms with Crippen LogP contribution < -0.4 is 16.4 Å². The van der Waals surface area contributed by atoms with Crippen molar-refractivity contribution in [3.8, 4) is 0 Å². The van der Waals surface area contributed by atoms with E-state index in [0.717, 1.165) is 0 Å². The summed E-state index contributed by atoms with van der Waals surface area (Å²) in [7, 11) is 0. The molecule has 0 aliphatic heterocycles. The SMILES string of the molecule is CCNC(=O)c1ccc(C(=O)NCN)cc1. The van der Waals surface area contributed by atoms with Crippen LogP contribution in [0, 0.1) is 0 Å². The molecular weight excluding hydrogens is 206 g/mol. The Hall–Kier alpha value is -1.88. The second-order valence-electron chi connectivity index (χ2n) is 3.15. The highest BCUT2D eigenvalue weighted by atomic mass is 16.2. The van der Waals surface area contributed by atoms with Gasteiger partial charge in [-0.3, -0.25) is 9.59 Å². The molecule has 0 heterocycles. The van der Waals surface area contributed by atoms with Gasteiger partial charge < -0.3 is 16.4 Å². The summed E-state index contributed by atoms with van der Waals surface area (Å²) in [5.41, 5.74) is 6.21. The highest BCUT2D eigenvalue weighted by Gasteiger charge is 2.06. The first-order valence-corrected chi connectivity index (χ1v) is 5.05. The van der Waals surface area contributed by atoms with Crippen molar-refractivity contribution in [1.82, 2.24) is 10.6 Å². The Balaban J connectivity index is 2.75. The summed E-state index contributed by atoms with van der Waals surface area (Å²) in [4.78, 5) is 22.8. The molecule has 0 saturated heterocycles. The Labute approximate surface area is 94.0 Å². The van der Waals surface area contributed by atoms with E-state index in [2.05, 4.69) is 10.6 Å². The summed E-state index contributed by atoms with van der Waals surface area (Å²) < 4.78 is 0. The van der Waals surface area contributed by atoms with Crippen molar-refractivity contribution in [3.05, 3.63) is 35.4 Å². The number of hydrogen-bond donors (Lipinski definition) is 3. The summed E-state index contributed by atoms with van der Waals surface area (Å²) in [5.74, 6) is -0.391. The summed E-state index contributed by atoms with van der Waals surface area (Å²) in [6, 6.07) is 6.40. The molecule has 0 saturated carbocycles. The number of amides is 2. The molecule has 1 rings (SSSR count). The Bertz CT molecular complexity index is 336. The zero-order valence-corrected chi connectivity index (χ0v) is 9.12. The van der Waals surface area contributed by atoms with Crippen LogP contribution in [0.15, 0.2) is 24.3 Å². The first-order valence-electron chi connectivity index (χ1n) is 5.05. The first-order chi connectivity index (χ1) is 7.69. The van der Waals surface area contributed by atoms with Gasteiger partial charge in [0.2, 0.25) is 0 Å². The molecule has 4 N–H and O–H groups in total. The van der Waals surface area contributed by atoms with Gasteiger partial charge in [0.1, 0.15) is 0 Å². The zero-order chi connectivity index (χ0) is 12.0. The van der Waals surface area contributed by atoms with E-state index < -0.39 is 0 Å². The highest BCUT2D eigenvalue weighted by molar-refractivity contribution is 5.97. The lowest BCUT2D eigenvalue weighted by atomic mass is 10.1. The van der Waals surface area contributed by atoms with E-state index in [0.29, 0.717) is 17.7 Å². The molecule has 0 aromatic heterocycles. The van der Waals surface area contributed by atoms with Crippen molar-refractivity contribution in [2.24, 2.45) is 5.73 Å². The number of hydrogen-bond acceptors (Lipinski definition) is 3. The van der Waals surface area contributed by atoms with Gasteiger partial charge in [-0.1, -0.05) is 0 Å². The fraction of sp³-hybridized carbons (Fsp3) is 0.273. The molecular formula is C11H15N3O2. The van der Waals surface area contributed by atoms with Gasteiger partial charge in [0, 0.05) is 17.7 Å². The van der Waals surface area contributed by atoms with Gasteiger partial charge in [-0.25, -0.2) is 0 Å². The van der Waals surface area contributed by atoms with Gasteiger partial charge in [0.05, 0.1) is 6.67 Å². The van der Waals surface area contributed by atoms with Crippen LogP contribution in [0.1, 0.15) is 27.6 Å². The van der Waals surface area contributed by atoms with E-state index in [1.54, 1.807) is 24.3 Å². The minimum absolute atomic E-state index is 0.0942. The molecule has 16 heavy (non-hydrogen) atoms. The van der Waals surface area contributed by atoms with E-state index >= 15 is 0 Å². The number of benzene rings is 1. The molecule has 1 aromatic rings. The average Bonchev–Trinajstić information content (AvgIpc) is 2.30. The molecule has 5 nitrogen and oxygen atoms in total. The Kier molecular flexibility index (Phi) is 4.47. The lowest BCUT2D eigenvalue weighted by Crippen LogP contribution is -2.29. The molecule has 86 valence electrons. The van der Waals surface area contributed by atoms with Crippen molar-refractivity contribution in [2.45, 2.75) is 6.92 Å². The lowest BCUT2D eigenvalue weighted by molar-refractivity contribution is 0.0943. The quantitative estimate of drug-likeness (QED) is 0.630. The normalized spacial score (nSPS) is 9.62. The summed E-state index contributed by atoms with van der Waals surface area (Å²) >= 11 is 0. The maximum atomic E-state index is 11.4. The van der Waals surface area contributed by atoms with E-state index in [-0.39, 0.29) is 18.5 Å². The molecule has 0 atom stereocenters. The summed E-state index contributed by atoms with van der Waals surface area (Å²) in [6.07, 6.45) is 0. The number of nitrogens with one attached hydrogen (secondary N) is 2. The van der Waals surface area contributed by atoms with Gasteiger partial charge in [0.25, 0.3) is 11.8 Å². The van der Waals surface area contributed by atoms with Crippen molar-refractivity contribution in [3.63, 3.8) is 0 Å². The smallest absolute Gasteiger partial charge is 0.252 e. The predicted octanol–water partition coefficient (Wildman–Crippen LogP) is 0.0823. The fourth-order valence-electron chi connectivity index (χ4n) is 1.23. The topological polar surface area (TPSA) is 84.2 Å². The van der Waals surface area contributed by atoms with Gasteiger partial charge in [0.15, 0.2) is 0 Å². The van der Waals surface area contributed by atoms with Crippen LogP contribution in [0.3, 0.4) is 0 Å². The molecule has 0 fully saturated rings. The molecule has 0 radical (unpaired) electrons. The fourth-order valence-corrected chi connectivity index (χ4v) is 1.23. The van der Waals surface area contributed by atoms with Gasteiger partial charge in [-0.15, -0.1) is 0 Å². The van der Waals surface area contributed by atoms with Gasteiger partial charge in [-0.05, 0) is 31.2 Å². The third-order valence-electron chi connectivity index (χ3n) is 2.01. The molecule has 0 unspecified atom stereocenters. The molecule has 2 amide bonds. The molecule has 5 heteroatoms. The molecule has 0 spiro atoms. The second kappa shape index (κ2) is 5.87. The molecule has 0 aliphatic rings. The average molecular weight is 221 g/mol. The number of rotatable bonds is 4. The van der Waals surface area contributed by atoms with Gasteiger partial charge in [-0.2, -0.15) is 0 Å². The minimum atomic E-state index is -0.245. The first kappa shape index (κ1) is 12.2. The van der Waals surface area contributed by atoms with Crippen molar-refractivity contribution in [1.29, 1.82) is 0 Å².